The SMILES string of the molecule is CCC(C)c1ccc2c(c1)C(NOC)CC(C)(C)O2. The molecule has 0 saturated heterocycles. The Morgan fingerprint density at radius 2 is 2.21 bits per heavy atom. The molecule has 2 unspecified atom stereocenters. The summed E-state index contributed by atoms with van der Waals surface area (Å²) in [6.07, 6.45) is 2.05. The average Bonchev–Trinajstić information content (AvgIpc) is 2.36. The number of benzene rings is 1. The van der Waals surface area contributed by atoms with Gasteiger partial charge in [-0.2, -0.15) is 5.48 Å². The zero-order valence-electron chi connectivity index (χ0n) is 12.6. The van der Waals surface area contributed by atoms with E-state index in [1.54, 1.807) is 7.11 Å². The van der Waals surface area contributed by atoms with Crippen molar-refractivity contribution >= 4 is 0 Å². The Labute approximate surface area is 116 Å². The van der Waals surface area contributed by atoms with Crippen LogP contribution in [0.2, 0.25) is 0 Å². The van der Waals surface area contributed by atoms with E-state index >= 15 is 0 Å². The van der Waals surface area contributed by atoms with Crippen molar-refractivity contribution in [1.82, 2.24) is 5.48 Å². The van der Waals surface area contributed by atoms with Crippen molar-refractivity contribution in [3.63, 3.8) is 0 Å². The summed E-state index contributed by atoms with van der Waals surface area (Å²) in [5, 5.41) is 0. The third-order valence-electron chi connectivity index (χ3n) is 3.93. The molecular formula is C16H25NO2. The fraction of sp³-hybridized carbons (Fsp3) is 0.625. The van der Waals surface area contributed by atoms with Crippen LogP contribution in [0.5, 0.6) is 5.75 Å². The molecule has 19 heavy (non-hydrogen) atoms. The van der Waals surface area contributed by atoms with Crippen LogP contribution in [0.1, 0.15) is 63.6 Å². The van der Waals surface area contributed by atoms with Gasteiger partial charge in [0.05, 0.1) is 13.2 Å². The van der Waals surface area contributed by atoms with Crippen molar-refractivity contribution in [2.75, 3.05) is 7.11 Å². The molecule has 1 aliphatic heterocycles. The van der Waals surface area contributed by atoms with E-state index in [2.05, 4.69) is 51.4 Å². The Morgan fingerprint density at radius 1 is 1.47 bits per heavy atom. The molecule has 1 heterocycles. The summed E-state index contributed by atoms with van der Waals surface area (Å²) in [6.45, 7) is 8.70. The Bertz CT molecular complexity index is 442. The second kappa shape index (κ2) is 5.51. The molecule has 3 nitrogen and oxygen atoms in total. The molecule has 0 aromatic heterocycles. The molecule has 2 atom stereocenters. The molecule has 0 amide bonds. The van der Waals surface area contributed by atoms with E-state index in [4.69, 9.17) is 9.57 Å². The monoisotopic (exact) mass is 263 g/mol. The number of ether oxygens (including phenoxy) is 1. The summed E-state index contributed by atoms with van der Waals surface area (Å²) in [4.78, 5) is 5.15. The van der Waals surface area contributed by atoms with Gasteiger partial charge in [-0.1, -0.05) is 26.0 Å². The number of nitrogens with one attached hydrogen (secondary N) is 1. The van der Waals surface area contributed by atoms with Crippen LogP contribution in [-0.2, 0) is 4.84 Å². The Morgan fingerprint density at radius 3 is 2.84 bits per heavy atom. The van der Waals surface area contributed by atoms with Gasteiger partial charge in [-0.3, -0.25) is 0 Å². The third kappa shape index (κ3) is 3.10. The summed E-state index contributed by atoms with van der Waals surface area (Å²) in [7, 11) is 1.67. The lowest BCUT2D eigenvalue weighted by Gasteiger charge is -2.38. The minimum atomic E-state index is -0.166. The van der Waals surface area contributed by atoms with Crippen molar-refractivity contribution in [2.45, 2.75) is 58.1 Å². The van der Waals surface area contributed by atoms with Gasteiger partial charge in [-0.05, 0) is 37.8 Å². The van der Waals surface area contributed by atoms with Gasteiger partial charge in [0.15, 0.2) is 0 Å². The van der Waals surface area contributed by atoms with Crippen molar-refractivity contribution in [3.05, 3.63) is 29.3 Å². The summed E-state index contributed by atoms with van der Waals surface area (Å²) in [6, 6.07) is 6.73. The smallest absolute Gasteiger partial charge is 0.124 e. The van der Waals surface area contributed by atoms with Gasteiger partial charge in [0.1, 0.15) is 11.4 Å². The predicted octanol–water partition coefficient (Wildman–Crippen LogP) is 3.95. The molecule has 1 N–H and O–H groups in total. The van der Waals surface area contributed by atoms with Crippen molar-refractivity contribution < 1.29 is 9.57 Å². The lowest BCUT2D eigenvalue weighted by molar-refractivity contribution is 0.00293. The van der Waals surface area contributed by atoms with Crippen LogP contribution in [0, 0.1) is 0 Å². The fourth-order valence-corrected chi connectivity index (χ4v) is 2.66. The van der Waals surface area contributed by atoms with Crippen LogP contribution in [-0.4, -0.2) is 12.7 Å². The van der Waals surface area contributed by atoms with E-state index < -0.39 is 0 Å². The summed E-state index contributed by atoms with van der Waals surface area (Å²) < 4.78 is 6.07. The molecule has 0 aliphatic carbocycles. The zero-order chi connectivity index (χ0) is 14.0. The molecule has 0 bridgehead atoms. The van der Waals surface area contributed by atoms with Crippen LogP contribution in [0.3, 0.4) is 0 Å². The zero-order valence-corrected chi connectivity index (χ0v) is 12.6. The molecule has 0 fully saturated rings. The number of hydrogen-bond acceptors (Lipinski definition) is 3. The van der Waals surface area contributed by atoms with Gasteiger partial charge < -0.3 is 9.57 Å². The minimum Gasteiger partial charge on any atom is -0.487 e. The van der Waals surface area contributed by atoms with E-state index in [-0.39, 0.29) is 11.6 Å². The first-order chi connectivity index (χ1) is 8.96. The molecule has 3 heteroatoms. The molecule has 0 saturated carbocycles. The van der Waals surface area contributed by atoms with Gasteiger partial charge in [0.25, 0.3) is 0 Å². The molecule has 1 aromatic carbocycles. The lowest BCUT2D eigenvalue weighted by atomic mass is 9.87. The highest BCUT2D eigenvalue weighted by molar-refractivity contribution is 5.42. The highest BCUT2D eigenvalue weighted by atomic mass is 16.6. The Balaban J connectivity index is 2.37. The van der Waals surface area contributed by atoms with Gasteiger partial charge in [-0.15, -0.1) is 0 Å². The highest BCUT2D eigenvalue weighted by Crippen LogP contribution is 2.40. The molecule has 1 aliphatic rings. The standard InChI is InChI=1S/C16H25NO2/c1-6-11(2)12-7-8-15-13(9-12)14(17-18-5)10-16(3,4)19-15/h7-9,11,14,17H,6,10H2,1-5H3. The van der Waals surface area contributed by atoms with Crippen LogP contribution in [0.25, 0.3) is 0 Å². The lowest BCUT2D eigenvalue weighted by Crippen LogP contribution is -2.39. The van der Waals surface area contributed by atoms with Crippen LogP contribution >= 0.6 is 0 Å². The van der Waals surface area contributed by atoms with E-state index in [1.807, 2.05) is 0 Å². The minimum absolute atomic E-state index is 0.166. The van der Waals surface area contributed by atoms with Gasteiger partial charge in [0.2, 0.25) is 0 Å². The number of rotatable bonds is 4. The van der Waals surface area contributed by atoms with Gasteiger partial charge in [-0.25, -0.2) is 0 Å². The van der Waals surface area contributed by atoms with E-state index in [0.717, 1.165) is 18.6 Å². The number of fused-ring (bicyclic) bond motifs is 1. The predicted molar refractivity (Wildman–Crippen MR) is 77.4 cm³/mol. The first-order valence-electron chi connectivity index (χ1n) is 7.08. The second-order valence-electron chi connectivity index (χ2n) is 6.05. The first-order valence-corrected chi connectivity index (χ1v) is 7.08. The maximum absolute atomic E-state index is 6.07. The molecule has 0 radical (unpaired) electrons. The van der Waals surface area contributed by atoms with Crippen molar-refractivity contribution in [3.8, 4) is 5.75 Å². The molecular weight excluding hydrogens is 238 g/mol. The van der Waals surface area contributed by atoms with E-state index in [1.165, 1.54) is 11.1 Å². The third-order valence-corrected chi connectivity index (χ3v) is 3.93. The summed E-state index contributed by atoms with van der Waals surface area (Å²) >= 11 is 0. The van der Waals surface area contributed by atoms with Crippen LogP contribution in [0.4, 0.5) is 0 Å². The van der Waals surface area contributed by atoms with Crippen molar-refractivity contribution in [2.24, 2.45) is 0 Å². The Hall–Kier alpha value is -1.06. The Kier molecular flexibility index (Phi) is 4.16. The topological polar surface area (TPSA) is 30.5 Å². The van der Waals surface area contributed by atoms with Crippen molar-refractivity contribution in [1.29, 1.82) is 0 Å². The van der Waals surface area contributed by atoms with Crippen LogP contribution in [0.15, 0.2) is 18.2 Å². The van der Waals surface area contributed by atoms with Gasteiger partial charge >= 0.3 is 0 Å². The summed E-state index contributed by atoms with van der Waals surface area (Å²) in [5.74, 6) is 1.54. The highest BCUT2D eigenvalue weighted by Gasteiger charge is 2.34. The van der Waals surface area contributed by atoms with Crippen LogP contribution < -0.4 is 10.2 Å². The number of hydrogen-bond donors (Lipinski definition) is 1. The van der Waals surface area contributed by atoms with Gasteiger partial charge in [0, 0.05) is 12.0 Å². The average molecular weight is 263 g/mol. The molecule has 0 spiro atoms. The largest absolute Gasteiger partial charge is 0.487 e. The fourth-order valence-electron chi connectivity index (χ4n) is 2.66. The molecule has 106 valence electrons. The van der Waals surface area contributed by atoms with E-state index in [9.17, 15) is 0 Å². The number of hydroxylamine groups is 1. The normalized spacial score (nSPS) is 22.5. The molecule has 2 rings (SSSR count). The maximum atomic E-state index is 6.07. The quantitative estimate of drug-likeness (QED) is 0.834. The maximum Gasteiger partial charge on any atom is 0.124 e. The molecule has 1 aromatic rings. The second-order valence-corrected chi connectivity index (χ2v) is 6.05. The summed E-state index contributed by atoms with van der Waals surface area (Å²) in [5.41, 5.74) is 5.51. The first kappa shape index (κ1) is 14.4. The van der Waals surface area contributed by atoms with E-state index in [0.29, 0.717) is 5.92 Å².